The molecule has 0 fully saturated rings. The van der Waals surface area contributed by atoms with Crippen molar-refractivity contribution in [3.63, 3.8) is 0 Å². The number of fused-ring (bicyclic) bond motifs is 1. The van der Waals surface area contributed by atoms with Crippen LogP contribution in [0.15, 0.2) is 42.5 Å². The van der Waals surface area contributed by atoms with Gasteiger partial charge in [-0.25, -0.2) is 0 Å². The Labute approximate surface area is 131 Å². The van der Waals surface area contributed by atoms with Gasteiger partial charge in [-0.2, -0.15) is 0 Å². The van der Waals surface area contributed by atoms with E-state index in [1.807, 2.05) is 24.3 Å². The zero-order valence-electron chi connectivity index (χ0n) is 13.2. The van der Waals surface area contributed by atoms with E-state index in [1.165, 1.54) is 17.7 Å². The van der Waals surface area contributed by atoms with Crippen molar-refractivity contribution in [1.82, 2.24) is 0 Å². The average Bonchev–Trinajstić information content (AvgIpc) is 2.53. The van der Waals surface area contributed by atoms with E-state index in [4.69, 9.17) is 5.73 Å². The lowest BCUT2D eigenvalue weighted by Crippen LogP contribution is -2.35. The van der Waals surface area contributed by atoms with Gasteiger partial charge in [-0.1, -0.05) is 24.3 Å². The Morgan fingerprint density at radius 1 is 1.14 bits per heavy atom. The van der Waals surface area contributed by atoms with E-state index in [2.05, 4.69) is 24.8 Å². The van der Waals surface area contributed by atoms with Crippen molar-refractivity contribution in [1.29, 1.82) is 0 Å². The maximum absolute atomic E-state index is 12.7. The van der Waals surface area contributed by atoms with Gasteiger partial charge in [0.05, 0.1) is 0 Å². The summed E-state index contributed by atoms with van der Waals surface area (Å²) in [5, 5.41) is 0. The first-order chi connectivity index (χ1) is 10.6. The maximum atomic E-state index is 12.7. The summed E-state index contributed by atoms with van der Waals surface area (Å²) in [7, 11) is 0. The van der Waals surface area contributed by atoms with Gasteiger partial charge in [0.2, 0.25) is 0 Å². The molecule has 0 unspecified atom stereocenters. The monoisotopic (exact) mass is 294 g/mol. The first-order valence-corrected chi connectivity index (χ1v) is 7.86. The summed E-state index contributed by atoms with van der Waals surface area (Å²) in [5.41, 5.74) is 10.3. The highest BCUT2D eigenvalue weighted by Gasteiger charge is 2.21. The van der Waals surface area contributed by atoms with Crippen molar-refractivity contribution in [2.24, 2.45) is 0 Å². The number of nitrogens with two attached hydrogens (primary N) is 1. The zero-order valence-corrected chi connectivity index (χ0v) is 13.2. The summed E-state index contributed by atoms with van der Waals surface area (Å²) in [6, 6.07) is 13.7. The second-order valence-corrected chi connectivity index (χ2v) is 6.19. The molecule has 0 atom stereocenters. The number of hydrogen-bond acceptors (Lipinski definition) is 3. The minimum absolute atomic E-state index is 0.0318. The summed E-state index contributed by atoms with van der Waals surface area (Å²) < 4.78 is 0. The molecule has 0 aliphatic carbocycles. The lowest BCUT2D eigenvalue weighted by Gasteiger charge is -2.35. The minimum Gasteiger partial charge on any atom is -0.399 e. The third-order valence-electron chi connectivity index (χ3n) is 4.27. The second kappa shape index (κ2) is 5.84. The van der Waals surface area contributed by atoms with Crippen LogP contribution in [0, 0.1) is 0 Å². The first kappa shape index (κ1) is 14.6. The Balaban J connectivity index is 1.99. The third-order valence-corrected chi connectivity index (χ3v) is 4.27. The summed E-state index contributed by atoms with van der Waals surface area (Å²) in [4.78, 5) is 15.1. The topological polar surface area (TPSA) is 46.3 Å². The van der Waals surface area contributed by atoms with Crippen LogP contribution < -0.4 is 10.6 Å². The fraction of sp³-hybridized carbons (Fsp3) is 0.316. The molecule has 0 saturated carbocycles. The summed E-state index contributed by atoms with van der Waals surface area (Å²) >= 11 is 0. The summed E-state index contributed by atoms with van der Waals surface area (Å²) in [6.45, 7) is 5.45. The maximum Gasteiger partial charge on any atom is 0.193 e. The van der Waals surface area contributed by atoms with E-state index < -0.39 is 0 Å². The number of benzene rings is 2. The molecule has 3 rings (SSSR count). The molecule has 114 valence electrons. The SMILES string of the molecule is CC(C)N1CCCc2ccc(C(=O)c3cccc(N)c3)cc21. The van der Waals surface area contributed by atoms with Crippen LogP contribution in [0.4, 0.5) is 11.4 Å². The van der Waals surface area contributed by atoms with E-state index in [9.17, 15) is 4.79 Å². The number of rotatable bonds is 3. The number of ketones is 1. The van der Waals surface area contributed by atoms with E-state index in [0.717, 1.165) is 18.5 Å². The fourth-order valence-electron chi connectivity index (χ4n) is 3.13. The number of aryl methyl sites for hydroxylation is 1. The lowest BCUT2D eigenvalue weighted by atomic mass is 9.95. The smallest absolute Gasteiger partial charge is 0.193 e. The molecule has 0 aromatic heterocycles. The van der Waals surface area contributed by atoms with Gasteiger partial charge in [-0.3, -0.25) is 4.79 Å². The van der Waals surface area contributed by atoms with Crippen LogP contribution in [0.2, 0.25) is 0 Å². The number of nitrogens with zero attached hydrogens (tertiary/aromatic N) is 1. The first-order valence-electron chi connectivity index (χ1n) is 7.86. The Bertz CT molecular complexity index is 706. The molecule has 1 heterocycles. The van der Waals surface area contributed by atoms with E-state index in [0.29, 0.717) is 17.3 Å². The zero-order chi connectivity index (χ0) is 15.7. The van der Waals surface area contributed by atoms with Crippen LogP contribution in [0.5, 0.6) is 0 Å². The van der Waals surface area contributed by atoms with Crippen LogP contribution in [-0.2, 0) is 6.42 Å². The van der Waals surface area contributed by atoms with E-state index >= 15 is 0 Å². The van der Waals surface area contributed by atoms with Gasteiger partial charge in [-0.15, -0.1) is 0 Å². The Morgan fingerprint density at radius 2 is 1.91 bits per heavy atom. The normalized spacial score (nSPS) is 14.0. The lowest BCUT2D eigenvalue weighted by molar-refractivity contribution is 0.103. The highest BCUT2D eigenvalue weighted by molar-refractivity contribution is 6.10. The van der Waals surface area contributed by atoms with Crippen molar-refractivity contribution < 1.29 is 4.79 Å². The van der Waals surface area contributed by atoms with Crippen molar-refractivity contribution >= 4 is 17.2 Å². The molecule has 0 spiro atoms. The van der Waals surface area contributed by atoms with E-state index in [1.54, 1.807) is 12.1 Å². The van der Waals surface area contributed by atoms with Gasteiger partial charge in [0, 0.05) is 35.1 Å². The van der Waals surface area contributed by atoms with Gasteiger partial charge < -0.3 is 10.6 Å². The quantitative estimate of drug-likeness (QED) is 0.694. The Hall–Kier alpha value is -2.29. The van der Waals surface area contributed by atoms with Crippen LogP contribution in [0.1, 0.15) is 41.8 Å². The predicted molar refractivity (Wildman–Crippen MR) is 91.5 cm³/mol. The molecular formula is C19H22N2O. The highest BCUT2D eigenvalue weighted by atomic mass is 16.1. The molecule has 0 radical (unpaired) electrons. The van der Waals surface area contributed by atoms with Crippen molar-refractivity contribution in [3.05, 3.63) is 59.2 Å². The van der Waals surface area contributed by atoms with Gasteiger partial charge in [-0.05, 0) is 50.5 Å². The molecule has 0 bridgehead atoms. The molecule has 1 aliphatic rings. The van der Waals surface area contributed by atoms with Crippen LogP contribution >= 0.6 is 0 Å². The van der Waals surface area contributed by atoms with Gasteiger partial charge in [0.15, 0.2) is 5.78 Å². The predicted octanol–water partition coefficient (Wildman–Crippen LogP) is 3.66. The third kappa shape index (κ3) is 2.71. The molecule has 1 aliphatic heterocycles. The van der Waals surface area contributed by atoms with Crippen molar-refractivity contribution in [3.8, 4) is 0 Å². The Kier molecular flexibility index (Phi) is 3.88. The van der Waals surface area contributed by atoms with Crippen LogP contribution in [0.3, 0.4) is 0 Å². The number of carbonyl (C=O) groups is 1. The molecule has 2 aromatic carbocycles. The molecule has 3 heteroatoms. The van der Waals surface area contributed by atoms with Gasteiger partial charge >= 0.3 is 0 Å². The molecule has 0 saturated heterocycles. The average molecular weight is 294 g/mol. The molecule has 2 aromatic rings. The molecule has 22 heavy (non-hydrogen) atoms. The Morgan fingerprint density at radius 3 is 2.64 bits per heavy atom. The minimum atomic E-state index is 0.0318. The number of carbonyl (C=O) groups excluding carboxylic acids is 1. The van der Waals surface area contributed by atoms with Gasteiger partial charge in [0.25, 0.3) is 0 Å². The van der Waals surface area contributed by atoms with Crippen molar-refractivity contribution in [2.45, 2.75) is 32.7 Å². The van der Waals surface area contributed by atoms with Crippen molar-refractivity contribution in [2.75, 3.05) is 17.2 Å². The molecule has 2 N–H and O–H groups in total. The number of nitrogen functional groups attached to an aromatic ring is 1. The molecular weight excluding hydrogens is 272 g/mol. The summed E-state index contributed by atoms with van der Waals surface area (Å²) in [6.07, 6.45) is 2.26. The molecule has 0 amide bonds. The molecule has 3 nitrogen and oxygen atoms in total. The number of anilines is 2. The van der Waals surface area contributed by atoms with Crippen LogP contribution in [0.25, 0.3) is 0 Å². The van der Waals surface area contributed by atoms with Gasteiger partial charge in [0.1, 0.15) is 0 Å². The van der Waals surface area contributed by atoms with E-state index in [-0.39, 0.29) is 5.78 Å². The largest absolute Gasteiger partial charge is 0.399 e. The fourth-order valence-corrected chi connectivity index (χ4v) is 3.13. The summed E-state index contributed by atoms with van der Waals surface area (Å²) in [5.74, 6) is 0.0318. The van der Waals surface area contributed by atoms with Crippen LogP contribution in [-0.4, -0.2) is 18.4 Å². The second-order valence-electron chi connectivity index (χ2n) is 6.19. The standard InChI is InChI=1S/C19H22N2O/c1-13(2)21-10-4-6-14-8-9-16(12-18(14)21)19(22)15-5-3-7-17(20)11-15/h3,5,7-9,11-13H,4,6,10,20H2,1-2H3. The highest BCUT2D eigenvalue weighted by Crippen LogP contribution is 2.30. The number of hydrogen-bond donors (Lipinski definition) is 1.